The van der Waals surface area contributed by atoms with Crippen molar-refractivity contribution >= 4 is 38.9 Å². The van der Waals surface area contributed by atoms with E-state index in [1.165, 1.54) is 5.39 Å². The Hall–Kier alpha value is -2.94. The predicted octanol–water partition coefficient (Wildman–Crippen LogP) is 4.65. The van der Waals surface area contributed by atoms with Crippen LogP contribution in [0.2, 0.25) is 0 Å². The molecule has 3 aromatic carbocycles. The van der Waals surface area contributed by atoms with E-state index in [-0.39, 0.29) is 0 Å². The molecular weight excluding hydrogens is 258 g/mol. The molecule has 0 aliphatic heterocycles. The summed E-state index contributed by atoms with van der Waals surface area (Å²) in [6.45, 7) is 0. The molecular formula is C18H15N3. The smallest absolute Gasteiger partial charge is 0.0466 e. The van der Waals surface area contributed by atoms with E-state index in [2.05, 4.69) is 40.6 Å². The van der Waals surface area contributed by atoms with Gasteiger partial charge in [-0.1, -0.05) is 18.2 Å². The van der Waals surface area contributed by atoms with E-state index in [9.17, 15) is 0 Å². The van der Waals surface area contributed by atoms with Gasteiger partial charge in [-0.2, -0.15) is 0 Å². The Morgan fingerprint density at radius 2 is 1.43 bits per heavy atom. The van der Waals surface area contributed by atoms with Gasteiger partial charge in [0.1, 0.15) is 0 Å². The van der Waals surface area contributed by atoms with Crippen molar-refractivity contribution in [2.45, 2.75) is 0 Å². The fourth-order valence-corrected chi connectivity index (χ4v) is 2.68. The van der Waals surface area contributed by atoms with E-state index in [0.29, 0.717) is 0 Å². The van der Waals surface area contributed by atoms with E-state index in [4.69, 9.17) is 5.73 Å². The molecule has 4 aromatic rings. The molecule has 0 fully saturated rings. The maximum Gasteiger partial charge on any atom is 0.0466 e. The molecule has 0 spiro atoms. The zero-order valence-electron chi connectivity index (χ0n) is 11.4. The lowest BCUT2D eigenvalue weighted by Gasteiger charge is -2.06. The first-order valence-electron chi connectivity index (χ1n) is 6.93. The Morgan fingerprint density at radius 3 is 2.24 bits per heavy atom. The van der Waals surface area contributed by atoms with E-state index in [0.717, 1.165) is 33.5 Å². The number of benzene rings is 3. The maximum atomic E-state index is 5.91. The molecule has 0 saturated heterocycles. The summed E-state index contributed by atoms with van der Waals surface area (Å²) < 4.78 is 0. The Balaban J connectivity index is 1.85. The van der Waals surface area contributed by atoms with Crippen LogP contribution in [0.1, 0.15) is 0 Å². The van der Waals surface area contributed by atoms with Gasteiger partial charge in [0.15, 0.2) is 0 Å². The molecule has 1 aromatic heterocycles. The van der Waals surface area contributed by atoms with Gasteiger partial charge in [0.05, 0.1) is 0 Å². The summed E-state index contributed by atoms with van der Waals surface area (Å²) >= 11 is 0. The molecule has 0 bridgehead atoms. The van der Waals surface area contributed by atoms with Crippen molar-refractivity contribution in [2.24, 2.45) is 0 Å². The Kier molecular flexibility index (Phi) is 2.57. The van der Waals surface area contributed by atoms with Gasteiger partial charge >= 0.3 is 0 Å². The summed E-state index contributed by atoms with van der Waals surface area (Å²) in [5.41, 5.74) is 11.1. The van der Waals surface area contributed by atoms with Gasteiger partial charge in [0.2, 0.25) is 0 Å². The number of anilines is 3. The van der Waals surface area contributed by atoms with Crippen LogP contribution in [0.3, 0.4) is 0 Å². The second kappa shape index (κ2) is 4.56. The standard InChI is InChI=1S/C18H15N3/c19-12-6-8-17-15(10-12)16-11-14(7-9-18(16)21-17)20-13-4-2-1-3-5-13/h1-11,20-21H,19H2. The molecule has 0 aliphatic carbocycles. The predicted molar refractivity (Wildman–Crippen MR) is 89.9 cm³/mol. The van der Waals surface area contributed by atoms with Gasteiger partial charge in [-0.25, -0.2) is 0 Å². The Morgan fingerprint density at radius 1 is 0.714 bits per heavy atom. The minimum atomic E-state index is 0.782. The van der Waals surface area contributed by atoms with Crippen LogP contribution in [0.5, 0.6) is 0 Å². The van der Waals surface area contributed by atoms with E-state index in [1.807, 2.05) is 36.4 Å². The van der Waals surface area contributed by atoms with Crippen LogP contribution in [0.15, 0.2) is 66.7 Å². The fourth-order valence-electron chi connectivity index (χ4n) is 2.68. The molecule has 4 N–H and O–H groups in total. The molecule has 1 heterocycles. The highest BCUT2D eigenvalue weighted by atomic mass is 14.9. The summed E-state index contributed by atoms with van der Waals surface area (Å²) in [5.74, 6) is 0. The van der Waals surface area contributed by atoms with Crippen LogP contribution in [-0.4, -0.2) is 4.98 Å². The van der Waals surface area contributed by atoms with E-state index < -0.39 is 0 Å². The minimum absolute atomic E-state index is 0.782. The number of aromatic nitrogens is 1. The Labute approximate surface area is 122 Å². The van der Waals surface area contributed by atoms with Crippen molar-refractivity contribution in [1.29, 1.82) is 0 Å². The van der Waals surface area contributed by atoms with Gasteiger partial charge in [0.25, 0.3) is 0 Å². The summed E-state index contributed by atoms with van der Waals surface area (Å²) in [6, 6.07) is 22.4. The lowest BCUT2D eigenvalue weighted by molar-refractivity contribution is 1.53. The molecule has 0 atom stereocenters. The number of nitrogens with two attached hydrogens (primary N) is 1. The van der Waals surface area contributed by atoms with Crippen LogP contribution in [0.25, 0.3) is 21.8 Å². The first-order valence-corrected chi connectivity index (χ1v) is 6.93. The van der Waals surface area contributed by atoms with Crippen molar-refractivity contribution in [1.82, 2.24) is 4.98 Å². The van der Waals surface area contributed by atoms with Crippen molar-refractivity contribution in [2.75, 3.05) is 11.1 Å². The second-order valence-electron chi connectivity index (χ2n) is 5.18. The average Bonchev–Trinajstić information content (AvgIpc) is 2.86. The van der Waals surface area contributed by atoms with Crippen molar-refractivity contribution in [3.63, 3.8) is 0 Å². The van der Waals surface area contributed by atoms with Gasteiger partial charge in [-0.15, -0.1) is 0 Å². The highest BCUT2D eigenvalue weighted by molar-refractivity contribution is 6.09. The Bertz CT molecular complexity index is 923. The molecule has 4 rings (SSSR count). The number of H-pyrrole nitrogens is 1. The zero-order chi connectivity index (χ0) is 14.2. The van der Waals surface area contributed by atoms with Gasteiger partial charge < -0.3 is 16.0 Å². The number of hydrogen-bond acceptors (Lipinski definition) is 2. The normalized spacial score (nSPS) is 11.0. The quantitative estimate of drug-likeness (QED) is 0.466. The highest BCUT2D eigenvalue weighted by Gasteiger charge is 2.05. The van der Waals surface area contributed by atoms with Crippen molar-refractivity contribution in [3.05, 3.63) is 66.7 Å². The number of para-hydroxylation sites is 1. The lowest BCUT2D eigenvalue weighted by Crippen LogP contribution is -1.88. The first-order chi connectivity index (χ1) is 10.3. The molecule has 0 amide bonds. The third-order valence-corrected chi connectivity index (χ3v) is 3.69. The third kappa shape index (κ3) is 2.09. The van der Waals surface area contributed by atoms with Gasteiger partial charge in [-0.05, 0) is 48.5 Å². The average molecular weight is 273 g/mol. The highest BCUT2D eigenvalue weighted by Crippen LogP contribution is 2.30. The van der Waals surface area contributed by atoms with E-state index >= 15 is 0 Å². The largest absolute Gasteiger partial charge is 0.399 e. The van der Waals surface area contributed by atoms with Crippen molar-refractivity contribution in [3.8, 4) is 0 Å². The number of rotatable bonds is 2. The number of fused-ring (bicyclic) bond motifs is 3. The molecule has 21 heavy (non-hydrogen) atoms. The molecule has 0 aliphatic rings. The second-order valence-corrected chi connectivity index (χ2v) is 5.18. The SMILES string of the molecule is Nc1ccc2[nH]c3ccc(Nc4ccccc4)cc3c2c1. The van der Waals surface area contributed by atoms with Crippen LogP contribution < -0.4 is 11.1 Å². The molecule has 0 radical (unpaired) electrons. The number of aromatic amines is 1. The zero-order valence-corrected chi connectivity index (χ0v) is 11.4. The third-order valence-electron chi connectivity index (χ3n) is 3.69. The number of nitrogens with one attached hydrogen (secondary N) is 2. The van der Waals surface area contributed by atoms with Crippen LogP contribution in [-0.2, 0) is 0 Å². The monoisotopic (exact) mass is 273 g/mol. The molecule has 0 saturated carbocycles. The molecule has 0 unspecified atom stereocenters. The summed E-state index contributed by atoms with van der Waals surface area (Å²) in [6.07, 6.45) is 0. The minimum Gasteiger partial charge on any atom is -0.399 e. The topological polar surface area (TPSA) is 53.8 Å². The molecule has 3 heteroatoms. The van der Waals surface area contributed by atoms with Crippen LogP contribution in [0.4, 0.5) is 17.1 Å². The molecule has 102 valence electrons. The van der Waals surface area contributed by atoms with Crippen LogP contribution in [0, 0.1) is 0 Å². The number of nitrogen functional groups attached to an aromatic ring is 1. The van der Waals surface area contributed by atoms with Gasteiger partial charge in [0, 0.05) is 38.9 Å². The molecule has 3 nitrogen and oxygen atoms in total. The number of hydrogen-bond donors (Lipinski definition) is 3. The fraction of sp³-hybridized carbons (Fsp3) is 0. The summed E-state index contributed by atoms with van der Waals surface area (Å²) in [4.78, 5) is 3.41. The van der Waals surface area contributed by atoms with E-state index in [1.54, 1.807) is 0 Å². The van der Waals surface area contributed by atoms with Gasteiger partial charge in [-0.3, -0.25) is 0 Å². The summed E-state index contributed by atoms with van der Waals surface area (Å²) in [5, 5.41) is 5.75. The van der Waals surface area contributed by atoms with Crippen LogP contribution >= 0.6 is 0 Å². The van der Waals surface area contributed by atoms with Crippen molar-refractivity contribution < 1.29 is 0 Å². The lowest BCUT2D eigenvalue weighted by atomic mass is 10.1. The summed E-state index contributed by atoms with van der Waals surface area (Å²) in [7, 11) is 0. The maximum absolute atomic E-state index is 5.91. The first kappa shape index (κ1) is 11.9.